The lowest BCUT2D eigenvalue weighted by Crippen LogP contribution is -2.62. The number of amides is 2. The number of benzene rings is 2. The molecule has 1 unspecified atom stereocenters. The van der Waals surface area contributed by atoms with Gasteiger partial charge in [0.2, 0.25) is 5.60 Å². The van der Waals surface area contributed by atoms with Crippen molar-refractivity contribution in [3.8, 4) is 11.5 Å². The molecule has 8 nitrogen and oxygen atoms in total. The second-order valence-corrected chi connectivity index (χ2v) is 11.8. The van der Waals surface area contributed by atoms with E-state index in [2.05, 4.69) is 4.98 Å². The highest BCUT2D eigenvalue weighted by atomic mass is 19.4. The van der Waals surface area contributed by atoms with Gasteiger partial charge in [-0.15, -0.1) is 0 Å². The quantitative estimate of drug-likeness (QED) is 0.204. The average molecular weight is 681 g/mol. The number of likely N-dealkylation sites (tertiary alicyclic amines) is 1. The molecule has 1 atom stereocenters. The first-order valence-electron chi connectivity index (χ1n) is 15.5. The number of halogens is 6. The van der Waals surface area contributed by atoms with E-state index in [1.54, 1.807) is 0 Å². The molecule has 260 valence electrons. The maximum atomic E-state index is 14.3. The average Bonchev–Trinajstić information content (AvgIpc) is 3.04. The molecule has 0 aliphatic carbocycles. The van der Waals surface area contributed by atoms with E-state index in [0.29, 0.717) is 24.9 Å². The van der Waals surface area contributed by atoms with Gasteiger partial charge in [0.05, 0.1) is 35.0 Å². The number of alkyl halides is 6. The van der Waals surface area contributed by atoms with Crippen molar-refractivity contribution in [2.24, 2.45) is 0 Å². The highest BCUT2D eigenvalue weighted by molar-refractivity contribution is 5.96. The minimum Gasteiger partial charge on any atom is -0.489 e. The fourth-order valence-corrected chi connectivity index (χ4v) is 5.66. The van der Waals surface area contributed by atoms with Gasteiger partial charge in [0.1, 0.15) is 11.5 Å². The van der Waals surface area contributed by atoms with E-state index < -0.39 is 53.0 Å². The Bertz CT molecular complexity index is 1560. The molecule has 2 aromatic carbocycles. The first-order chi connectivity index (χ1) is 22.6. The number of anilines is 1. The molecule has 0 saturated carbocycles. The van der Waals surface area contributed by atoms with E-state index in [0.717, 1.165) is 47.2 Å². The highest BCUT2D eigenvalue weighted by Crippen LogP contribution is 2.36. The maximum absolute atomic E-state index is 14.3. The van der Waals surface area contributed by atoms with Crippen LogP contribution in [0, 0.1) is 0 Å². The number of nitrogens with zero attached hydrogens (tertiary/aromatic N) is 4. The summed E-state index contributed by atoms with van der Waals surface area (Å²) in [6, 6.07) is 11.9. The second-order valence-electron chi connectivity index (χ2n) is 11.8. The fourth-order valence-electron chi connectivity index (χ4n) is 5.66. The SMILES string of the molecule is CCN(CCN(C)C(=O)C1(Oc2ccc(C(F)(F)F)cc2)CCCN(C(=O)c2cnccc2C(F)(F)F)C1)c1ccccc1OC(C)C. The molecule has 2 heterocycles. The molecule has 14 heteroatoms. The molecule has 1 saturated heterocycles. The zero-order valence-corrected chi connectivity index (χ0v) is 27.1. The Hall–Kier alpha value is -4.49. The summed E-state index contributed by atoms with van der Waals surface area (Å²) in [7, 11) is 1.54. The minimum absolute atomic E-state index is 0.0242. The van der Waals surface area contributed by atoms with E-state index in [-0.39, 0.29) is 37.8 Å². The molecule has 0 N–H and O–H groups in total. The Morgan fingerprint density at radius 2 is 1.67 bits per heavy atom. The molecule has 0 bridgehead atoms. The van der Waals surface area contributed by atoms with Crippen molar-refractivity contribution in [2.45, 2.75) is 57.7 Å². The van der Waals surface area contributed by atoms with Crippen LogP contribution in [-0.4, -0.2) is 78.1 Å². The maximum Gasteiger partial charge on any atom is 0.417 e. The highest BCUT2D eigenvalue weighted by Gasteiger charge is 2.48. The number of aromatic nitrogens is 1. The van der Waals surface area contributed by atoms with Gasteiger partial charge >= 0.3 is 12.4 Å². The smallest absolute Gasteiger partial charge is 0.417 e. The molecular weight excluding hydrogens is 642 g/mol. The molecule has 1 aromatic heterocycles. The summed E-state index contributed by atoms with van der Waals surface area (Å²) in [5.41, 5.74) is -3.77. The number of hydrogen-bond donors (Lipinski definition) is 0. The van der Waals surface area contributed by atoms with Gasteiger partial charge in [-0.3, -0.25) is 14.6 Å². The van der Waals surface area contributed by atoms with Gasteiger partial charge < -0.3 is 24.2 Å². The third-order valence-electron chi connectivity index (χ3n) is 7.99. The largest absolute Gasteiger partial charge is 0.489 e. The van der Waals surface area contributed by atoms with Crippen molar-refractivity contribution in [1.29, 1.82) is 0 Å². The number of piperidine rings is 1. The lowest BCUT2D eigenvalue weighted by atomic mass is 9.90. The van der Waals surface area contributed by atoms with Gasteiger partial charge in [-0.25, -0.2) is 0 Å². The van der Waals surface area contributed by atoms with Crippen molar-refractivity contribution in [3.05, 3.63) is 83.7 Å². The van der Waals surface area contributed by atoms with Crippen LogP contribution in [0.4, 0.5) is 32.0 Å². The Morgan fingerprint density at radius 1 is 0.979 bits per heavy atom. The topological polar surface area (TPSA) is 75.2 Å². The van der Waals surface area contributed by atoms with E-state index in [9.17, 15) is 35.9 Å². The van der Waals surface area contributed by atoms with Crippen molar-refractivity contribution >= 4 is 17.5 Å². The van der Waals surface area contributed by atoms with Crippen LogP contribution < -0.4 is 14.4 Å². The van der Waals surface area contributed by atoms with Crippen LogP contribution >= 0.6 is 0 Å². The van der Waals surface area contributed by atoms with E-state index >= 15 is 0 Å². The lowest BCUT2D eigenvalue weighted by Gasteiger charge is -2.43. The molecule has 48 heavy (non-hydrogen) atoms. The second kappa shape index (κ2) is 14.7. The van der Waals surface area contributed by atoms with Crippen molar-refractivity contribution in [2.75, 3.05) is 44.7 Å². The van der Waals surface area contributed by atoms with Crippen LogP contribution in [0.5, 0.6) is 11.5 Å². The Kier molecular flexibility index (Phi) is 11.2. The van der Waals surface area contributed by atoms with Crippen LogP contribution in [-0.2, 0) is 17.1 Å². The molecule has 1 aliphatic rings. The molecule has 3 aromatic rings. The van der Waals surface area contributed by atoms with Crippen LogP contribution in [0.15, 0.2) is 67.0 Å². The van der Waals surface area contributed by atoms with Gasteiger partial charge in [-0.05, 0) is 76.1 Å². The van der Waals surface area contributed by atoms with Crippen molar-refractivity contribution < 1.29 is 45.4 Å². The molecular formula is C34H38F6N4O4. The number of hydrogen-bond acceptors (Lipinski definition) is 6. The van der Waals surface area contributed by atoms with Gasteiger partial charge in [-0.2, -0.15) is 26.3 Å². The summed E-state index contributed by atoms with van der Waals surface area (Å²) in [4.78, 5) is 36.0. The monoisotopic (exact) mass is 680 g/mol. The zero-order valence-electron chi connectivity index (χ0n) is 27.1. The van der Waals surface area contributed by atoms with Gasteiger partial charge in [0, 0.05) is 45.6 Å². The summed E-state index contributed by atoms with van der Waals surface area (Å²) >= 11 is 0. The van der Waals surface area contributed by atoms with Gasteiger partial charge in [0.15, 0.2) is 0 Å². The van der Waals surface area contributed by atoms with E-state index in [4.69, 9.17) is 9.47 Å². The van der Waals surface area contributed by atoms with Gasteiger partial charge in [-0.1, -0.05) is 12.1 Å². The first-order valence-corrected chi connectivity index (χ1v) is 15.5. The third kappa shape index (κ3) is 8.50. The summed E-state index contributed by atoms with van der Waals surface area (Å²) in [5, 5.41) is 0. The van der Waals surface area contributed by atoms with E-state index in [1.807, 2.05) is 49.9 Å². The van der Waals surface area contributed by atoms with Gasteiger partial charge in [0.25, 0.3) is 11.8 Å². The molecule has 1 aliphatic heterocycles. The summed E-state index contributed by atoms with van der Waals surface area (Å²) in [6.45, 7) is 6.46. The number of pyridine rings is 1. The van der Waals surface area contributed by atoms with Crippen molar-refractivity contribution in [3.63, 3.8) is 0 Å². The molecule has 0 spiro atoms. The fraction of sp³-hybridized carbons (Fsp3) is 0.441. The van der Waals surface area contributed by atoms with Crippen LogP contribution in [0.25, 0.3) is 0 Å². The first kappa shape index (κ1) is 36.3. The van der Waals surface area contributed by atoms with Crippen LogP contribution in [0.2, 0.25) is 0 Å². The standard InChI is InChI=1S/C34H38F6N4O4/c1-5-43(28-9-6-7-10-29(28)47-23(2)3)20-19-42(4)31(46)32(48-25-13-11-24(12-14-25)33(35,36)37)16-8-18-44(22-32)30(45)26-21-41-17-15-27(26)34(38,39)40/h6-7,9-15,17,21,23H,5,8,16,18-20,22H2,1-4H3. The summed E-state index contributed by atoms with van der Waals surface area (Å²) in [6.07, 6.45) is -7.53. The number of para-hydroxylation sites is 2. The van der Waals surface area contributed by atoms with Crippen molar-refractivity contribution in [1.82, 2.24) is 14.8 Å². The van der Waals surface area contributed by atoms with Crippen LogP contribution in [0.1, 0.15) is 55.1 Å². The molecule has 1 fully saturated rings. The molecule has 2 amide bonds. The predicted molar refractivity (Wildman–Crippen MR) is 167 cm³/mol. The number of carbonyl (C=O) groups is 2. The normalized spacial score (nSPS) is 16.9. The number of carbonyl (C=O) groups excluding carboxylic acids is 2. The van der Waals surface area contributed by atoms with E-state index in [1.165, 1.54) is 11.9 Å². The summed E-state index contributed by atoms with van der Waals surface area (Å²) in [5.74, 6) is -0.971. The Morgan fingerprint density at radius 3 is 2.29 bits per heavy atom. The lowest BCUT2D eigenvalue weighted by molar-refractivity contribution is -0.151. The predicted octanol–water partition coefficient (Wildman–Crippen LogP) is 6.95. The number of likely N-dealkylation sites (N-methyl/N-ethyl adjacent to an activating group) is 2. The zero-order chi connectivity index (χ0) is 35.3. The Balaban J connectivity index is 1.63. The molecule has 0 radical (unpaired) electrons. The number of rotatable bonds is 11. The van der Waals surface area contributed by atoms with Crippen LogP contribution in [0.3, 0.4) is 0 Å². The molecule has 4 rings (SSSR count). The number of ether oxygens (including phenoxy) is 2. The summed E-state index contributed by atoms with van der Waals surface area (Å²) < 4.78 is 93.2. The Labute approximate surface area is 275 Å². The third-order valence-corrected chi connectivity index (χ3v) is 7.99. The minimum atomic E-state index is -4.84.